The molecule has 0 spiro atoms. The molecule has 0 fully saturated rings. The standard InChI is InChI=1S/C15H15N5OS/c1-8-6-9(2)20-13(17-8)10(7-16-20)14(21)19-15-18-11-4-3-5-12(11)22-15/h6-7H,3-5H2,1-2H3,(H,18,19,21). The number of carbonyl (C=O) groups is 1. The van der Waals surface area contributed by atoms with Crippen LogP contribution in [0.5, 0.6) is 0 Å². The third-order valence-corrected chi connectivity index (χ3v) is 4.91. The van der Waals surface area contributed by atoms with E-state index in [0.717, 1.165) is 29.9 Å². The Morgan fingerprint density at radius 2 is 2.18 bits per heavy atom. The van der Waals surface area contributed by atoms with Crippen LogP contribution in [0.2, 0.25) is 0 Å². The van der Waals surface area contributed by atoms with Gasteiger partial charge in [-0.2, -0.15) is 5.10 Å². The molecule has 22 heavy (non-hydrogen) atoms. The van der Waals surface area contributed by atoms with E-state index in [0.29, 0.717) is 16.3 Å². The van der Waals surface area contributed by atoms with Gasteiger partial charge in [-0.1, -0.05) is 0 Å². The van der Waals surface area contributed by atoms with Crippen LogP contribution in [-0.4, -0.2) is 25.5 Å². The smallest absolute Gasteiger partial charge is 0.262 e. The van der Waals surface area contributed by atoms with Crippen LogP contribution < -0.4 is 5.32 Å². The van der Waals surface area contributed by atoms with Crippen molar-refractivity contribution in [2.75, 3.05) is 5.32 Å². The van der Waals surface area contributed by atoms with E-state index in [-0.39, 0.29) is 5.91 Å². The van der Waals surface area contributed by atoms with Crippen LogP contribution in [0.25, 0.3) is 5.65 Å². The molecule has 3 aromatic heterocycles. The number of hydrogen-bond donors (Lipinski definition) is 1. The number of carbonyl (C=O) groups excluding carboxylic acids is 1. The largest absolute Gasteiger partial charge is 0.298 e. The maximum Gasteiger partial charge on any atom is 0.262 e. The lowest BCUT2D eigenvalue weighted by molar-refractivity contribution is 0.102. The normalized spacial score (nSPS) is 13.5. The van der Waals surface area contributed by atoms with Crippen LogP contribution in [0.1, 0.15) is 38.7 Å². The SMILES string of the molecule is Cc1cc(C)n2ncc(C(=O)Nc3nc4c(s3)CCC4)c2n1. The molecule has 0 unspecified atom stereocenters. The van der Waals surface area contributed by atoms with E-state index in [2.05, 4.69) is 20.4 Å². The minimum atomic E-state index is -0.208. The molecule has 4 rings (SSSR count). The van der Waals surface area contributed by atoms with E-state index in [1.54, 1.807) is 22.0 Å². The lowest BCUT2D eigenvalue weighted by Gasteiger charge is -2.03. The van der Waals surface area contributed by atoms with E-state index in [1.807, 2.05) is 19.9 Å². The summed E-state index contributed by atoms with van der Waals surface area (Å²) in [7, 11) is 0. The molecule has 0 atom stereocenters. The third kappa shape index (κ3) is 2.09. The van der Waals surface area contributed by atoms with Crippen molar-refractivity contribution in [3.63, 3.8) is 0 Å². The lowest BCUT2D eigenvalue weighted by Crippen LogP contribution is -2.12. The van der Waals surface area contributed by atoms with Gasteiger partial charge in [0.2, 0.25) is 0 Å². The Hall–Kier alpha value is -2.28. The van der Waals surface area contributed by atoms with Crippen LogP contribution in [0.15, 0.2) is 12.3 Å². The molecular formula is C15H15N5OS. The zero-order valence-electron chi connectivity index (χ0n) is 12.4. The number of thiazole rings is 1. The van der Waals surface area contributed by atoms with Gasteiger partial charge in [-0.3, -0.25) is 10.1 Å². The maximum atomic E-state index is 12.5. The van der Waals surface area contributed by atoms with E-state index >= 15 is 0 Å². The number of nitrogens with zero attached hydrogens (tertiary/aromatic N) is 4. The van der Waals surface area contributed by atoms with Crippen LogP contribution in [0, 0.1) is 13.8 Å². The molecule has 0 saturated carbocycles. The first-order valence-corrected chi connectivity index (χ1v) is 8.05. The quantitative estimate of drug-likeness (QED) is 0.789. The van der Waals surface area contributed by atoms with Crippen molar-refractivity contribution < 1.29 is 4.79 Å². The average molecular weight is 313 g/mol. The highest BCUT2D eigenvalue weighted by atomic mass is 32.1. The predicted octanol–water partition coefficient (Wildman–Crippen LogP) is 2.54. The van der Waals surface area contributed by atoms with Crippen LogP contribution in [0.3, 0.4) is 0 Å². The number of aryl methyl sites for hydroxylation is 4. The second-order valence-electron chi connectivity index (χ2n) is 5.53. The first kappa shape index (κ1) is 13.4. The van der Waals surface area contributed by atoms with Gasteiger partial charge in [-0.15, -0.1) is 11.3 Å². The summed E-state index contributed by atoms with van der Waals surface area (Å²) in [6.07, 6.45) is 4.81. The predicted molar refractivity (Wildman–Crippen MR) is 84.6 cm³/mol. The molecule has 7 heteroatoms. The van der Waals surface area contributed by atoms with E-state index < -0.39 is 0 Å². The second kappa shape index (κ2) is 4.88. The summed E-state index contributed by atoms with van der Waals surface area (Å²) in [4.78, 5) is 22.7. The highest BCUT2D eigenvalue weighted by molar-refractivity contribution is 7.16. The van der Waals surface area contributed by atoms with Gasteiger partial charge in [-0.05, 0) is 39.2 Å². The molecule has 112 valence electrons. The topological polar surface area (TPSA) is 72.2 Å². The molecule has 3 aromatic rings. The minimum absolute atomic E-state index is 0.208. The zero-order valence-corrected chi connectivity index (χ0v) is 13.2. The van der Waals surface area contributed by atoms with Gasteiger partial charge in [0.1, 0.15) is 5.56 Å². The number of anilines is 1. The van der Waals surface area contributed by atoms with Gasteiger partial charge < -0.3 is 0 Å². The summed E-state index contributed by atoms with van der Waals surface area (Å²) < 4.78 is 1.68. The fraction of sp³-hybridized carbons (Fsp3) is 0.333. The van der Waals surface area contributed by atoms with Crippen molar-refractivity contribution in [2.24, 2.45) is 0 Å². The molecule has 3 heterocycles. The van der Waals surface area contributed by atoms with E-state index in [1.165, 1.54) is 11.3 Å². The maximum absolute atomic E-state index is 12.5. The van der Waals surface area contributed by atoms with Gasteiger partial charge in [0.05, 0.1) is 11.9 Å². The Balaban J connectivity index is 1.67. The number of hydrogen-bond acceptors (Lipinski definition) is 5. The van der Waals surface area contributed by atoms with Gasteiger partial charge in [0.15, 0.2) is 10.8 Å². The van der Waals surface area contributed by atoms with Gasteiger partial charge >= 0.3 is 0 Å². The van der Waals surface area contributed by atoms with E-state index in [9.17, 15) is 4.79 Å². The molecular weight excluding hydrogens is 298 g/mol. The van der Waals surface area contributed by atoms with Crippen molar-refractivity contribution >= 4 is 28.0 Å². The van der Waals surface area contributed by atoms with E-state index in [4.69, 9.17) is 0 Å². The summed E-state index contributed by atoms with van der Waals surface area (Å²) >= 11 is 1.57. The number of aromatic nitrogens is 4. The van der Waals surface area contributed by atoms with Crippen LogP contribution in [-0.2, 0) is 12.8 Å². The Morgan fingerprint density at radius 1 is 1.32 bits per heavy atom. The summed E-state index contributed by atoms with van der Waals surface area (Å²) in [5.74, 6) is -0.208. The highest BCUT2D eigenvalue weighted by Gasteiger charge is 2.20. The monoisotopic (exact) mass is 313 g/mol. The molecule has 0 aliphatic heterocycles. The molecule has 1 aliphatic carbocycles. The molecule has 0 radical (unpaired) electrons. The average Bonchev–Trinajstić information content (AvgIpc) is 3.11. The first-order chi connectivity index (χ1) is 10.6. The van der Waals surface area contributed by atoms with Crippen molar-refractivity contribution in [1.29, 1.82) is 0 Å². The first-order valence-electron chi connectivity index (χ1n) is 7.24. The Kier molecular flexibility index (Phi) is 2.97. The highest BCUT2D eigenvalue weighted by Crippen LogP contribution is 2.30. The molecule has 1 aliphatic rings. The Morgan fingerprint density at radius 3 is 3.00 bits per heavy atom. The molecule has 0 aromatic carbocycles. The number of amides is 1. The fourth-order valence-electron chi connectivity index (χ4n) is 2.84. The summed E-state index contributed by atoms with van der Waals surface area (Å²) in [5.41, 5.74) is 4.01. The minimum Gasteiger partial charge on any atom is -0.298 e. The number of nitrogens with one attached hydrogen (secondary N) is 1. The zero-order chi connectivity index (χ0) is 15.3. The van der Waals surface area contributed by atoms with Crippen molar-refractivity contribution in [2.45, 2.75) is 33.1 Å². The van der Waals surface area contributed by atoms with Gasteiger partial charge in [0, 0.05) is 16.3 Å². The number of rotatable bonds is 2. The molecule has 1 amide bonds. The van der Waals surface area contributed by atoms with Gasteiger partial charge in [0.25, 0.3) is 5.91 Å². The molecule has 6 nitrogen and oxygen atoms in total. The fourth-order valence-corrected chi connectivity index (χ4v) is 3.88. The lowest BCUT2D eigenvalue weighted by atomic mass is 10.3. The summed E-state index contributed by atoms with van der Waals surface area (Å²) in [5, 5.41) is 7.79. The molecule has 0 saturated heterocycles. The Labute approximate surface area is 131 Å². The second-order valence-corrected chi connectivity index (χ2v) is 6.61. The molecule has 1 N–H and O–H groups in total. The molecule has 0 bridgehead atoms. The summed E-state index contributed by atoms with van der Waals surface area (Å²) in [6.45, 7) is 3.86. The van der Waals surface area contributed by atoms with Crippen LogP contribution in [0.4, 0.5) is 5.13 Å². The number of fused-ring (bicyclic) bond motifs is 2. The Bertz CT molecular complexity index is 873. The van der Waals surface area contributed by atoms with Crippen molar-refractivity contribution in [1.82, 2.24) is 19.6 Å². The van der Waals surface area contributed by atoms with Crippen molar-refractivity contribution in [3.05, 3.63) is 39.8 Å². The van der Waals surface area contributed by atoms with Crippen molar-refractivity contribution in [3.8, 4) is 0 Å². The van der Waals surface area contributed by atoms with Gasteiger partial charge in [-0.25, -0.2) is 14.5 Å². The van der Waals surface area contributed by atoms with Crippen LogP contribution >= 0.6 is 11.3 Å². The summed E-state index contributed by atoms with van der Waals surface area (Å²) in [6, 6.07) is 1.94. The third-order valence-electron chi connectivity index (χ3n) is 3.84.